The molecule has 3 heterocycles. The first kappa shape index (κ1) is 17.7. The molecule has 2 aromatic heterocycles. The number of hydrogen-bond donors (Lipinski definition) is 1. The van der Waals surface area contributed by atoms with Crippen LogP contribution >= 0.6 is 0 Å². The van der Waals surface area contributed by atoms with Gasteiger partial charge in [-0.3, -0.25) is 4.90 Å². The first-order valence-corrected chi connectivity index (χ1v) is 8.73. The van der Waals surface area contributed by atoms with Crippen LogP contribution in [0.2, 0.25) is 0 Å². The van der Waals surface area contributed by atoms with Gasteiger partial charge in [-0.15, -0.1) is 0 Å². The van der Waals surface area contributed by atoms with Gasteiger partial charge in [0.25, 0.3) is 0 Å². The second-order valence-electron chi connectivity index (χ2n) is 6.58. The first-order chi connectivity index (χ1) is 13.0. The number of benzene rings is 1. The van der Waals surface area contributed by atoms with Crippen molar-refractivity contribution in [3.8, 4) is 22.6 Å². The largest absolute Gasteiger partial charge is 0.401 e. The summed E-state index contributed by atoms with van der Waals surface area (Å²) in [5, 5.41) is 0. The molecule has 0 spiro atoms. The van der Waals surface area contributed by atoms with Crippen molar-refractivity contribution < 1.29 is 13.2 Å². The van der Waals surface area contributed by atoms with Crippen molar-refractivity contribution >= 4 is 0 Å². The number of aromatic amines is 1. The van der Waals surface area contributed by atoms with E-state index in [0.29, 0.717) is 30.3 Å². The third kappa shape index (κ3) is 4.00. The zero-order chi connectivity index (χ0) is 18.9. The zero-order valence-electron chi connectivity index (χ0n) is 14.4. The van der Waals surface area contributed by atoms with E-state index < -0.39 is 12.7 Å². The summed E-state index contributed by atoms with van der Waals surface area (Å²) in [6.45, 7) is -0.488. The van der Waals surface area contributed by atoms with Crippen molar-refractivity contribution in [1.82, 2.24) is 24.8 Å². The molecule has 1 atom stereocenters. The number of likely N-dealkylation sites (tertiary alicyclic amines) is 1. The van der Waals surface area contributed by atoms with E-state index in [2.05, 4.69) is 19.9 Å². The topological polar surface area (TPSA) is 57.7 Å². The molecule has 27 heavy (non-hydrogen) atoms. The number of rotatable bonds is 4. The van der Waals surface area contributed by atoms with Crippen LogP contribution in [-0.2, 0) is 0 Å². The molecule has 0 bridgehead atoms. The van der Waals surface area contributed by atoms with E-state index in [1.54, 1.807) is 18.6 Å². The summed E-state index contributed by atoms with van der Waals surface area (Å²) in [5.74, 6) is 1.17. The summed E-state index contributed by atoms with van der Waals surface area (Å²) in [6.07, 6.45) is 2.23. The quantitative estimate of drug-likeness (QED) is 0.743. The lowest BCUT2D eigenvalue weighted by Gasteiger charge is -2.23. The Balaban J connectivity index is 1.52. The average molecular weight is 373 g/mol. The van der Waals surface area contributed by atoms with Gasteiger partial charge in [0, 0.05) is 29.7 Å². The molecule has 1 aliphatic rings. The van der Waals surface area contributed by atoms with Gasteiger partial charge in [0.15, 0.2) is 5.82 Å². The Morgan fingerprint density at radius 2 is 1.81 bits per heavy atom. The van der Waals surface area contributed by atoms with E-state index >= 15 is 0 Å². The molecule has 1 fully saturated rings. The summed E-state index contributed by atoms with van der Waals surface area (Å²) < 4.78 is 38.3. The molecule has 0 amide bonds. The van der Waals surface area contributed by atoms with Gasteiger partial charge in [-0.2, -0.15) is 13.2 Å². The van der Waals surface area contributed by atoms with Gasteiger partial charge in [0.2, 0.25) is 0 Å². The van der Waals surface area contributed by atoms with Gasteiger partial charge in [-0.1, -0.05) is 30.3 Å². The van der Waals surface area contributed by atoms with Gasteiger partial charge >= 0.3 is 6.18 Å². The molecule has 140 valence electrons. The summed E-state index contributed by atoms with van der Waals surface area (Å²) in [7, 11) is 0. The first-order valence-electron chi connectivity index (χ1n) is 8.73. The van der Waals surface area contributed by atoms with Crippen LogP contribution in [0, 0.1) is 0 Å². The fourth-order valence-electron chi connectivity index (χ4n) is 3.41. The average Bonchev–Trinajstić information content (AvgIpc) is 3.30. The summed E-state index contributed by atoms with van der Waals surface area (Å²) >= 11 is 0. The number of alkyl halides is 3. The molecule has 1 saturated heterocycles. The lowest BCUT2D eigenvalue weighted by Crippen LogP contribution is -2.34. The van der Waals surface area contributed by atoms with Gasteiger partial charge in [0.05, 0.1) is 18.3 Å². The molecule has 1 aromatic carbocycles. The van der Waals surface area contributed by atoms with Crippen molar-refractivity contribution in [2.24, 2.45) is 0 Å². The van der Waals surface area contributed by atoms with Gasteiger partial charge in [-0.25, -0.2) is 15.0 Å². The van der Waals surface area contributed by atoms with Crippen LogP contribution in [0.3, 0.4) is 0 Å². The van der Waals surface area contributed by atoms with Crippen molar-refractivity contribution in [1.29, 1.82) is 0 Å². The van der Waals surface area contributed by atoms with Crippen molar-refractivity contribution in [3.63, 3.8) is 0 Å². The van der Waals surface area contributed by atoms with E-state index in [1.807, 2.05) is 30.3 Å². The third-order valence-corrected chi connectivity index (χ3v) is 4.64. The minimum atomic E-state index is -4.21. The maximum Gasteiger partial charge on any atom is 0.401 e. The van der Waals surface area contributed by atoms with E-state index in [0.717, 1.165) is 17.5 Å². The molecule has 4 rings (SSSR count). The maximum absolute atomic E-state index is 12.8. The molecule has 8 heteroatoms. The minimum Gasteiger partial charge on any atom is -0.347 e. The van der Waals surface area contributed by atoms with Crippen LogP contribution in [0.15, 0.2) is 48.9 Å². The van der Waals surface area contributed by atoms with Crippen LogP contribution in [0.4, 0.5) is 13.2 Å². The normalized spacial score (nSPS) is 18.1. The number of halogens is 3. The lowest BCUT2D eigenvalue weighted by atomic mass is 10.2. The second kappa shape index (κ2) is 7.11. The Kier molecular flexibility index (Phi) is 4.65. The number of imidazole rings is 1. The molecule has 0 saturated carbocycles. The Morgan fingerprint density at radius 1 is 1.07 bits per heavy atom. The van der Waals surface area contributed by atoms with Crippen molar-refractivity contribution in [2.75, 3.05) is 13.1 Å². The van der Waals surface area contributed by atoms with Gasteiger partial charge < -0.3 is 4.98 Å². The van der Waals surface area contributed by atoms with Gasteiger partial charge in [0.1, 0.15) is 5.82 Å². The molecule has 0 unspecified atom stereocenters. The molecule has 5 nitrogen and oxygen atoms in total. The molecular formula is C19H18F3N5. The van der Waals surface area contributed by atoms with Crippen LogP contribution in [0.5, 0.6) is 0 Å². The van der Waals surface area contributed by atoms with Crippen molar-refractivity contribution in [3.05, 3.63) is 54.7 Å². The third-order valence-electron chi connectivity index (χ3n) is 4.64. The standard InChI is InChI=1S/C19H18F3N5/c20-19(21,22)12-27-8-4-7-16(27)18-25-11-15(26-18)14-9-23-17(24-10-14)13-5-2-1-3-6-13/h1-3,5-6,9-11,16H,4,7-8,12H2,(H,25,26)/t16-/m0/s1. The van der Waals surface area contributed by atoms with E-state index in [1.165, 1.54) is 4.90 Å². The highest BCUT2D eigenvalue weighted by molar-refractivity contribution is 5.60. The molecule has 3 aromatic rings. The highest BCUT2D eigenvalue weighted by atomic mass is 19.4. The molecule has 0 radical (unpaired) electrons. The number of H-pyrrole nitrogens is 1. The Hall–Kier alpha value is -2.74. The molecule has 1 aliphatic heterocycles. The van der Waals surface area contributed by atoms with Gasteiger partial charge in [-0.05, 0) is 19.4 Å². The van der Waals surface area contributed by atoms with E-state index in [4.69, 9.17) is 0 Å². The molecule has 1 N–H and O–H groups in total. The summed E-state index contributed by atoms with van der Waals surface area (Å²) in [4.78, 5) is 17.7. The number of nitrogens with one attached hydrogen (secondary N) is 1. The van der Waals surface area contributed by atoms with Crippen LogP contribution in [-0.4, -0.2) is 44.1 Å². The summed E-state index contributed by atoms with van der Waals surface area (Å²) in [5.41, 5.74) is 2.27. The second-order valence-corrected chi connectivity index (χ2v) is 6.58. The predicted molar refractivity (Wildman–Crippen MR) is 94.7 cm³/mol. The molecule has 0 aliphatic carbocycles. The number of nitrogens with zero attached hydrogens (tertiary/aromatic N) is 4. The van der Waals surface area contributed by atoms with E-state index in [-0.39, 0.29) is 6.04 Å². The Bertz CT molecular complexity index is 890. The predicted octanol–water partition coefficient (Wildman–Crippen LogP) is 4.23. The highest BCUT2D eigenvalue weighted by Gasteiger charge is 2.37. The maximum atomic E-state index is 12.8. The fourth-order valence-corrected chi connectivity index (χ4v) is 3.41. The lowest BCUT2D eigenvalue weighted by molar-refractivity contribution is -0.148. The van der Waals surface area contributed by atoms with Crippen LogP contribution in [0.25, 0.3) is 22.6 Å². The minimum absolute atomic E-state index is 0.343. The number of hydrogen-bond acceptors (Lipinski definition) is 4. The van der Waals surface area contributed by atoms with Crippen LogP contribution < -0.4 is 0 Å². The highest BCUT2D eigenvalue weighted by Crippen LogP contribution is 2.33. The zero-order valence-corrected chi connectivity index (χ0v) is 14.4. The smallest absolute Gasteiger partial charge is 0.347 e. The number of aromatic nitrogens is 4. The summed E-state index contributed by atoms with van der Waals surface area (Å²) in [6, 6.07) is 9.27. The Morgan fingerprint density at radius 3 is 2.52 bits per heavy atom. The van der Waals surface area contributed by atoms with Crippen molar-refractivity contribution in [2.45, 2.75) is 25.1 Å². The fraction of sp³-hybridized carbons (Fsp3) is 0.316. The SMILES string of the molecule is FC(F)(F)CN1CCC[C@H]1c1nc(-c2cnc(-c3ccccc3)nc2)c[nH]1. The monoisotopic (exact) mass is 373 g/mol. The van der Waals surface area contributed by atoms with Crippen LogP contribution in [0.1, 0.15) is 24.7 Å². The Labute approximate surface area is 154 Å². The van der Waals surface area contributed by atoms with E-state index in [9.17, 15) is 13.2 Å². The molecular weight excluding hydrogens is 355 g/mol.